The number of alkyl halides is 3. The Morgan fingerprint density at radius 1 is 1.43 bits per heavy atom. The van der Waals surface area contributed by atoms with Gasteiger partial charge in [0.2, 0.25) is 0 Å². The second kappa shape index (κ2) is 4.93. The maximum Gasteiger partial charge on any atom is 0.432 e. The van der Waals surface area contributed by atoms with E-state index in [1.807, 2.05) is 0 Å². The van der Waals surface area contributed by atoms with Crippen molar-refractivity contribution in [3.8, 4) is 0 Å². The number of carbonyl (C=O) groups excluding carboxylic acids is 1. The van der Waals surface area contributed by atoms with Crippen LogP contribution in [0.4, 0.5) is 13.2 Å². The third-order valence-electron chi connectivity index (χ3n) is 1.65. The number of carbonyl (C=O) groups is 1. The van der Waals surface area contributed by atoms with Crippen LogP contribution in [-0.2, 0) is 4.79 Å². The van der Waals surface area contributed by atoms with Gasteiger partial charge in [-0.15, -0.1) is 0 Å². The Morgan fingerprint density at radius 2 is 1.93 bits per heavy atom. The molecule has 0 aromatic heterocycles. The maximum absolute atomic E-state index is 12.2. The quantitative estimate of drug-likeness (QED) is 0.516. The molecule has 0 N–H and O–H groups in total. The summed E-state index contributed by atoms with van der Waals surface area (Å²) in [6.45, 7) is 2.94. The zero-order chi connectivity index (χ0) is 11.4. The van der Waals surface area contributed by atoms with Gasteiger partial charge < -0.3 is 0 Å². The Labute approximate surface area is 80.5 Å². The number of rotatable bonds is 3. The van der Waals surface area contributed by atoms with Crippen molar-refractivity contribution in [2.75, 3.05) is 7.05 Å². The van der Waals surface area contributed by atoms with E-state index >= 15 is 0 Å². The average Bonchev–Trinajstić information content (AvgIpc) is 2.10. The van der Waals surface area contributed by atoms with E-state index in [1.165, 1.54) is 6.92 Å². The number of ketones is 1. The fourth-order valence-corrected chi connectivity index (χ4v) is 0.838. The number of Topliss-reactive ketones (excluding diaryl/α,β-unsaturated/α-hetero) is 1. The van der Waals surface area contributed by atoms with E-state index in [9.17, 15) is 18.0 Å². The molecule has 0 unspecified atom stereocenters. The summed E-state index contributed by atoms with van der Waals surface area (Å²) in [4.78, 5) is 14.1. The molecule has 5 heteroatoms. The minimum absolute atomic E-state index is 0.0745. The zero-order valence-electron chi connectivity index (χ0n) is 8.27. The van der Waals surface area contributed by atoms with Crippen molar-refractivity contribution in [3.05, 3.63) is 11.6 Å². The highest BCUT2D eigenvalue weighted by molar-refractivity contribution is 6.06. The highest BCUT2D eigenvalue weighted by atomic mass is 19.4. The van der Waals surface area contributed by atoms with Gasteiger partial charge in [-0.25, -0.2) is 0 Å². The van der Waals surface area contributed by atoms with Gasteiger partial charge in [-0.1, -0.05) is 6.92 Å². The summed E-state index contributed by atoms with van der Waals surface area (Å²) in [7, 11) is 1.04. The summed E-state index contributed by atoms with van der Waals surface area (Å²) in [6.07, 6.45) is -3.53. The summed E-state index contributed by atoms with van der Waals surface area (Å²) in [5.74, 6) is -0.310. The predicted molar refractivity (Wildman–Crippen MR) is 48.5 cm³/mol. The van der Waals surface area contributed by atoms with E-state index in [0.29, 0.717) is 0 Å². The van der Waals surface area contributed by atoms with E-state index in [1.54, 1.807) is 6.92 Å². The molecule has 0 radical (unpaired) electrons. The van der Waals surface area contributed by atoms with Crippen molar-refractivity contribution >= 4 is 11.5 Å². The molecule has 0 aliphatic rings. The molecule has 0 rings (SSSR count). The third-order valence-corrected chi connectivity index (χ3v) is 1.65. The van der Waals surface area contributed by atoms with Crippen LogP contribution in [0.15, 0.2) is 16.6 Å². The fourth-order valence-electron chi connectivity index (χ4n) is 0.838. The molecular weight excluding hydrogens is 195 g/mol. The zero-order valence-corrected chi connectivity index (χ0v) is 8.27. The van der Waals surface area contributed by atoms with Crippen LogP contribution in [0.3, 0.4) is 0 Å². The predicted octanol–water partition coefficient (Wildman–Crippen LogP) is 2.54. The van der Waals surface area contributed by atoms with Gasteiger partial charge in [0.15, 0.2) is 5.78 Å². The lowest BCUT2D eigenvalue weighted by Gasteiger charge is -2.06. The highest BCUT2D eigenvalue weighted by Gasteiger charge is 2.33. The van der Waals surface area contributed by atoms with Crippen molar-refractivity contribution in [3.63, 3.8) is 0 Å². The first-order valence-electron chi connectivity index (χ1n) is 4.08. The van der Waals surface area contributed by atoms with E-state index in [2.05, 4.69) is 4.99 Å². The van der Waals surface area contributed by atoms with Gasteiger partial charge >= 0.3 is 6.18 Å². The van der Waals surface area contributed by atoms with Crippen molar-refractivity contribution in [1.29, 1.82) is 0 Å². The Morgan fingerprint density at radius 3 is 2.21 bits per heavy atom. The van der Waals surface area contributed by atoms with Crippen LogP contribution in [-0.4, -0.2) is 24.7 Å². The van der Waals surface area contributed by atoms with Crippen molar-refractivity contribution in [1.82, 2.24) is 0 Å². The number of aliphatic imine (C=N–C) groups is 1. The summed E-state index contributed by atoms with van der Waals surface area (Å²) >= 11 is 0. The number of hydrogen-bond acceptors (Lipinski definition) is 2. The molecule has 0 aliphatic heterocycles. The second-order valence-corrected chi connectivity index (χ2v) is 2.71. The van der Waals surface area contributed by atoms with E-state index < -0.39 is 11.9 Å². The fraction of sp³-hybridized carbons (Fsp3) is 0.556. The molecule has 80 valence electrons. The van der Waals surface area contributed by atoms with E-state index in [-0.39, 0.29) is 17.8 Å². The lowest BCUT2D eigenvalue weighted by Crippen LogP contribution is -2.21. The number of nitrogens with zero attached hydrogens (tertiary/aromatic N) is 1. The molecule has 0 fully saturated rings. The van der Waals surface area contributed by atoms with Gasteiger partial charge in [-0.2, -0.15) is 13.2 Å². The average molecular weight is 207 g/mol. The van der Waals surface area contributed by atoms with Gasteiger partial charge in [0.1, 0.15) is 5.71 Å². The smallest absolute Gasteiger partial charge is 0.295 e. The van der Waals surface area contributed by atoms with E-state index in [4.69, 9.17) is 0 Å². The van der Waals surface area contributed by atoms with Crippen molar-refractivity contribution in [2.45, 2.75) is 26.4 Å². The maximum atomic E-state index is 12.2. The van der Waals surface area contributed by atoms with Crippen LogP contribution >= 0.6 is 0 Å². The minimum Gasteiger partial charge on any atom is -0.295 e. The van der Waals surface area contributed by atoms with Crippen LogP contribution in [0.25, 0.3) is 0 Å². The number of hydrogen-bond donors (Lipinski definition) is 0. The molecule has 0 saturated carbocycles. The Bertz CT molecular complexity index is 276. The molecule has 2 nitrogen and oxygen atoms in total. The number of halogens is 3. The van der Waals surface area contributed by atoms with Crippen LogP contribution in [0, 0.1) is 0 Å². The van der Waals surface area contributed by atoms with Crippen molar-refractivity contribution < 1.29 is 18.0 Å². The van der Waals surface area contributed by atoms with Gasteiger partial charge in [-0.05, 0) is 18.6 Å². The second-order valence-electron chi connectivity index (χ2n) is 2.71. The molecule has 0 heterocycles. The third kappa shape index (κ3) is 3.72. The molecule has 0 aromatic rings. The van der Waals surface area contributed by atoms with Gasteiger partial charge in [0.05, 0.1) is 0 Å². The summed E-state index contributed by atoms with van der Waals surface area (Å²) in [6, 6.07) is 0. The Hall–Kier alpha value is -1.13. The standard InChI is InChI=1S/C9H12F3NO/c1-4-7(14)6(2)5-8(13-3)9(10,11)12/h5H,4H2,1-3H3/b6-5+,13-8+. The summed E-state index contributed by atoms with van der Waals surface area (Å²) in [5, 5.41) is 0. The molecule has 0 amide bonds. The Balaban J connectivity index is 4.88. The molecular formula is C9H12F3NO. The topological polar surface area (TPSA) is 29.4 Å². The van der Waals surface area contributed by atoms with Crippen molar-refractivity contribution in [2.24, 2.45) is 4.99 Å². The van der Waals surface area contributed by atoms with Gasteiger partial charge in [0, 0.05) is 13.5 Å². The first kappa shape index (κ1) is 12.9. The highest BCUT2D eigenvalue weighted by Crippen LogP contribution is 2.19. The minimum atomic E-state index is -4.50. The van der Waals surface area contributed by atoms with Crippen LogP contribution in [0.1, 0.15) is 20.3 Å². The van der Waals surface area contributed by atoms with Gasteiger partial charge in [-0.3, -0.25) is 9.79 Å². The van der Waals surface area contributed by atoms with E-state index in [0.717, 1.165) is 13.1 Å². The molecule has 0 atom stereocenters. The van der Waals surface area contributed by atoms with Crippen LogP contribution in [0.2, 0.25) is 0 Å². The lowest BCUT2D eigenvalue weighted by atomic mass is 10.1. The molecule has 0 aromatic carbocycles. The largest absolute Gasteiger partial charge is 0.432 e. The number of allylic oxidation sites excluding steroid dienone is 2. The monoisotopic (exact) mass is 207 g/mol. The summed E-state index contributed by atoms with van der Waals surface area (Å²) in [5.41, 5.74) is -0.956. The molecule has 0 aliphatic carbocycles. The van der Waals surface area contributed by atoms with Crippen LogP contribution in [0.5, 0.6) is 0 Å². The molecule has 0 saturated heterocycles. The van der Waals surface area contributed by atoms with Crippen LogP contribution < -0.4 is 0 Å². The first-order valence-corrected chi connectivity index (χ1v) is 4.08. The SMILES string of the molecule is CCC(=O)/C(C)=C/C(=N\C)C(F)(F)F. The molecule has 14 heavy (non-hydrogen) atoms. The normalized spacial score (nSPS) is 14.4. The molecule has 0 spiro atoms. The van der Waals surface area contributed by atoms with Gasteiger partial charge in [0.25, 0.3) is 0 Å². The lowest BCUT2D eigenvalue weighted by molar-refractivity contribution is -0.115. The molecule has 0 bridgehead atoms. The Kier molecular flexibility index (Phi) is 4.53. The summed E-state index contributed by atoms with van der Waals surface area (Å²) < 4.78 is 36.5. The first-order chi connectivity index (χ1) is 6.32.